The average molecular weight is 455 g/mol. The second-order valence-electron chi connectivity index (χ2n) is 5.42. The van der Waals surface area contributed by atoms with Crippen LogP contribution in [0.2, 0.25) is 0 Å². The second kappa shape index (κ2) is 8.98. The van der Waals surface area contributed by atoms with Gasteiger partial charge < -0.3 is 13.8 Å². The van der Waals surface area contributed by atoms with E-state index in [9.17, 15) is 22.0 Å². The van der Waals surface area contributed by atoms with E-state index in [-0.39, 0.29) is 6.54 Å². The van der Waals surface area contributed by atoms with Crippen molar-refractivity contribution < 1.29 is 31.4 Å². The number of hydrogen-bond acceptors (Lipinski definition) is 9. The van der Waals surface area contributed by atoms with Crippen molar-refractivity contribution in [1.29, 1.82) is 0 Å². The van der Waals surface area contributed by atoms with E-state index in [2.05, 4.69) is 25.2 Å². The van der Waals surface area contributed by atoms with E-state index in [1.165, 1.54) is 41.7 Å². The summed E-state index contributed by atoms with van der Waals surface area (Å²) in [6, 6.07) is 1.22. The highest BCUT2D eigenvalue weighted by atomic mass is 32.2. The summed E-state index contributed by atoms with van der Waals surface area (Å²) < 4.78 is 73.2. The Labute approximate surface area is 170 Å². The molecule has 0 aliphatic carbocycles. The van der Waals surface area contributed by atoms with Crippen LogP contribution in [-0.2, 0) is 11.3 Å². The van der Waals surface area contributed by atoms with Crippen molar-refractivity contribution in [1.82, 2.24) is 15.4 Å². The minimum Gasteiger partial charge on any atom is -0.445 e. The number of hydrazone groups is 1. The molecular weight excluding hydrogens is 441 g/mol. The molecule has 2 aromatic heterocycles. The molecule has 2 aromatic rings. The first-order chi connectivity index (χ1) is 13.7. The number of nitrogens with zero attached hydrogens (tertiary/aromatic N) is 4. The molecule has 0 aromatic carbocycles. The number of alkyl halides is 5. The number of rotatable bonds is 8. The molecule has 0 saturated carbocycles. The van der Waals surface area contributed by atoms with Gasteiger partial charge in [0, 0.05) is 18.0 Å². The van der Waals surface area contributed by atoms with Crippen LogP contribution in [0.15, 0.2) is 29.8 Å². The Kier molecular flexibility index (Phi) is 6.62. The van der Waals surface area contributed by atoms with Crippen LogP contribution in [0.1, 0.15) is 23.0 Å². The minimum absolute atomic E-state index is 0.246. The molecule has 3 rings (SSSR count). The predicted molar refractivity (Wildman–Crippen MR) is 97.7 cm³/mol. The quantitative estimate of drug-likeness (QED) is 0.470. The maximum Gasteiger partial charge on any atom is 0.573 e. The van der Waals surface area contributed by atoms with Gasteiger partial charge in [0.15, 0.2) is 0 Å². The molecule has 1 aliphatic heterocycles. The number of thiazole rings is 1. The fourth-order valence-corrected chi connectivity index (χ4v) is 4.00. The summed E-state index contributed by atoms with van der Waals surface area (Å²) in [5.41, 5.74) is 2.86. The highest BCUT2D eigenvalue weighted by molar-refractivity contribution is 8.00. The van der Waals surface area contributed by atoms with Crippen molar-refractivity contribution >= 4 is 34.9 Å². The van der Waals surface area contributed by atoms with Gasteiger partial charge in [-0.2, -0.15) is 8.78 Å². The molecular formula is C15H14F5N5O2S2. The monoisotopic (exact) mass is 455 g/mol. The smallest absolute Gasteiger partial charge is 0.445 e. The number of halogens is 5. The van der Waals surface area contributed by atoms with Crippen LogP contribution in [0.4, 0.5) is 27.6 Å². The van der Waals surface area contributed by atoms with E-state index in [4.69, 9.17) is 4.74 Å². The number of pyridine rings is 1. The predicted octanol–water partition coefficient (Wildman–Crippen LogP) is 4.31. The van der Waals surface area contributed by atoms with Crippen molar-refractivity contribution in [2.45, 2.75) is 32.5 Å². The van der Waals surface area contributed by atoms with E-state index in [0.29, 0.717) is 21.3 Å². The lowest BCUT2D eigenvalue weighted by Gasteiger charge is -2.22. The third-order valence-electron chi connectivity index (χ3n) is 3.33. The minimum atomic E-state index is -4.82. The lowest BCUT2D eigenvalue weighted by molar-refractivity contribution is -0.274. The summed E-state index contributed by atoms with van der Waals surface area (Å²) >= 11 is 2.55. The van der Waals surface area contributed by atoms with Gasteiger partial charge in [-0.05, 0) is 11.9 Å². The van der Waals surface area contributed by atoms with Crippen molar-refractivity contribution in [3.63, 3.8) is 0 Å². The molecule has 1 atom stereocenters. The first kappa shape index (κ1) is 21.4. The van der Waals surface area contributed by atoms with Crippen LogP contribution in [0.5, 0.6) is 5.75 Å². The molecule has 158 valence electrons. The Morgan fingerprint density at radius 1 is 1.34 bits per heavy atom. The SMILES string of the molecule is CCSN(Cc1ncc(C2NN=C(C(F)F)O2)s1)c1cncc(OC(F)(F)F)c1. The van der Waals surface area contributed by atoms with Crippen LogP contribution >= 0.6 is 23.3 Å². The van der Waals surface area contributed by atoms with Gasteiger partial charge in [-0.1, -0.05) is 6.92 Å². The van der Waals surface area contributed by atoms with Crippen LogP contribution in [-0.4, -0.2) is 34.4 Å². The Morgan fingerprint density at radius 3 is 2.79 bits per heavy atom. The summed E-state index contributed by atoms with van der Waals surface area (Å²) in [6.45, 7) is 2.13. The van der Waals surface area contributed by atoms with Gasteiger partial charge in [0.25, 0.3) is 5.90 Å². The molecule has 0 saturated heterocycles. The number of anilines is 1. The highest BCUT2D eigenvalue weighted by Crippen LogP contribution is 2.32. The van der Waals surface area contributed by atoms with Crippen molar-refractivity contribution in [3.8, 4) is 5.75 Å². The summed E-state index contributed by atoms with van der Waals surface area (Å²) in [6.07, 6.45) is -4.65. The van der Waals surface area contributed by atoms with Crippen LogP contribution in [0, 0.1) is 0 Å². The molecule has 0 bridgehead atoms. The standard InChI is InChI=1S/C15H14F5N5O2S2/c1-2-28-25(8-3-9(5-21-4-8)27-15(18,19)20)7-11-22-6-10(29-11)13-23-24-14(26-13)12(16)17/h3-6,12-13,23H,2,7H2,1H3. The van der Waals surface area contributed by atoms with Gasteiger partial charge in [0.2, 0.25) is 6.23 Å². The van der Waals surface area contributed by atoms with Crippen molar-refractivity contribution in [2.24, 2.45) is 5.10 Å². The molecule has 0 spiro atoms. The largest absolute Gasteiger partial charge is 0.573 e. The summed E-state index contributed by atoms with van der Waals surface area (Å²) in [5, 5.41) is 4.02. The normalized spacial score (nSPS) is 16.4. The maximum atomic E-state index is 12.6. The van der Waals surface area contributed by atoms with Gasteiger partial charge >= 0.3 is 12.8 Å². The zero-order valence-corrected chi connectivity index (χ0v) is 16.3. The average Bonchev–Trinajstić information content (AvgIpc) is 3.29. The van der Waals surface area contributed by atoms with E-state index in [1.807, 2.05) is 6.92 Å². The fourth-order valence-electron chi connectivity index (χ4n) is 2.26. The maximum absolute atomic E-state index is 12.6. The molecule has 1 unspecified atom stereocenters. The van der Waals surface area contributed by atoms with Gasteiger partial charge in [-0.3, -0.25) is 10.4 Å². The van der Waals surface area contributed by atoms with E-state index < -0.39 is 30.7 Å². The third kappa shape index (κ3) is 5.82. The van der Waals surface area contributed by atoms with Gasteiger partial charge in [0.05, 0.1) is 29.5 Å². The van der Waals surface area contributed by atoms with E-state index in [1.54, 1.807) is 4.31 Å². The summed E-state index contributed by atoms with van der Waals surface area (Å²) in [4.78, 5) is 8.56. The zero-order valence-electron chi connectivity index (χ0n) is 14.7. The number of nitrogens with one attached hydrogen (secondary N) is 1. The molecule has 29 heavy (non-hydrogen) atoms. The summed E-state index contributed by atoms with van der Waals surface area (Å²) in [7, 11) is 0. The molecule has 0 amide bonds. The zero-order chi connectivity index (χ0) is 21.0. The molecule has 0 radical (unpaired) electrons. The molecule has 1 aliphatic rings. The third-order valence-corrected chi connectivity index (χ3v) is 5.27. The van der Waals surface area contributed by atoms with Crippen LogP contribution in [0.25, 0.3) is 0 Å². The Hall–Kier alpha value is -2.35. The second-order valence-corrected chi connectivity index (χ2v) is 7.84. The number of ether oxygens (including phenoxy) is 2. The van der Waals surface area contributed by atoms with Gasteiger partial charge in [-0.25, -0.2) is 4.98 Å². The Balaban J connectivity index is 1.70. The number of aromatic nitrogens is 2. The van der Waals surface area contributed by atoms with Crippen LogP contribution < -0.4 is 14.5 Å². The molecule has 3 heterocycles. The molecule has 14 heteroatoms. The number of hydrogen-bond donors (Lipinski definition) is 1. The Bertz CT molecular complexity index is 864. The lowest BCUT2D eigenvalue weighted by atomic mass is 10.4. The van der Waals surface area contributed by atoms with Crippen molar-refractivity contribution in [3.05, 3.63) is 34.5 Å². The summed E-state index contributed by atoms with van der Waals surface area (Å²) in [5.74, 6) is -0.487. The van der Waals surface area contributed by atoms with E-state index >= 15 is 0 Å². The Morgan fingerprint density at radius 2 is 2.14 bits per heavy atom. The van der Waals surface area contributed by atoms with Gasteiger partial charge in [0.1, 0.15) is 10.8 Å². The molecule has 0 fully saturated rings. The fraction of sp³-hybridized carbons (Fsp3) is 0.400. The lowest BCUT2D eigenvalue weighted by Crippen LogP contribution is -2.18. The van der Waals surface area contributed by atoms with Crippen LogP contribution in [0.3, 0.4) is 0 Å². The van der Waals surface area contributed by atoms with Gasteiger partial charge in [-0.15, -0.1) is 29.6 Å². The highest BCUT2D eigenvalue weighted by Gasteiger charge is 2.32. The first-order valence-electron chi connectivity index (χ1n) is 8.09. The van der Waals surface area contributed by atoms with Crippen molar-refractivity contribution in [2.75, 3.05) is 10.1 Å². The molecule has 1 N–H and O–H groups in total. The van der Waals surface area contributed by atoms with E-state index in [0.717, 1.165) is 6.20 Å². The molecule has 7 nitrogen and oxygen atoms in total. The topological polar surface area (TPSA) is 71.9 Å². The first-order valence-corrected chi connectivity index (χ1v) is 9.85.